The maximum absolute atomic E-state index is 9.23. The van der Waals surface area contributed by atoms with Crippen LogP contribution in [0.4, 0.5) is 0 Å². The Kier molecular flexibility index (Phi) is 3.46. The van der Waals surface area contributed by atoms with E-state index in [1.54, 1.807) is 4.68 Å². The molecule has 0 saturated carbocycles. The van der Waals surface area contributed by atoms with Crippen molar-refractivity contribution < 1.29 is 9.84 Å². The molecular formula is C11H20N4O2. The van der Waals surface area contributed by atoms with Gasteiger partial charge in [-0.15, -0.1) is 5.10 Å². The third-order valence-corrected chi connectivity index (χ3v) is 2.79. The van der Waals surface area contributed by atoms with Crippen LogP contribution >= 0.6 is 0 Å². The summed E-state index contributed by atoms with van der Waals surface area (Å²) >= 11 is 0. The minimum absolute atomic E-state index is 0.0560. The molecule has 1 unspecified atom stereocenters. The first-order valence-electron chi connectivity index (χ1n) is 5.85. The minimum Gasteiger partial charge on any atom is -0.394 e. The molecule has 1 aromatic rings. The van der Waals surface area contributed by atoms with Gasteiger partial charge >= 0.3 is 0 Å². The second kappa shape index (κ2) is 4.72. The highest BCUT2D eigenvalue weighted by Crippen LogP contribution is 2.21. The monoisotopic (exact) mass is 240 g/mol. The molecule has 1 atom stereocenters. The number of ether oxygens (including phenoxy) is 1. The number of nitrogens with zero attached hydrogens (tertiary/aromatic N) is 4. The summed E-state index contributed by atoms with van der Waals surface area (Å²) in [6.45, 7) is 6.45. The molecule has 96 valence electrons. The Bertz CT molecular complexity index is 377. The van der Waals surface area contributed by atoms with Gasteiger partial charge in [-0.25, -0.2) is 0 Å². The normalized spacial score (nSPS) is 25.1. The van der Waals surface area contributed by atoms with Gasteiger partial charge in [-0.2, -0.15) is 0 Å². The van der Waals surface area contributed by atoms with E-state index in [0.717, 1.165) is 25.3 Å². The zero-order valence-corrected chi connectivity index (χ0v) is 10.6. The van der Waals surface area contributed by atoms with Gasteiger partial charge in [0.1, 0.15) is 0 Å². The van der Waals surface area contributed by atoms with Crippen molar-refractivity contribution in [1.82, 2.24) is 19.9 Å². The first-order chi connectivity index (χ1) is 7.98. The van der Waals surface area contributed by atoms with Crippen molar-refractivity contribution in [2.24, 2.45) is 7.05 Å². The van der Waals surface area contributed by atoms with Crippen LogP contribution in [0.25, 0.3) is 0 Å². The van der Waals surface area contributed by atoms with Gasteiger partial charge < -0.3 is 9.84 Å². The van der Waals surface area contributed by atoms with Gasteiger partial charge in [-0.3, -0.25) is 9.58 Å². The summed E-state index contributed by atoms with van der Waals surface area (Å²) in [5.41, 5.74) is 0.718. The molecule has 0 spiro atoms. The summed E-state index contributed by atoms with van der Waals surface area (Å²) in [6, 6.07) is 0. The fourth-order valence-electron chi connectivity index (χ4n) is 2.33. The zero-order chi connectivity index (χ0) is 12.5. The molecule has 6 heteroatoms. The summed E-state index contributed by atoms with van der Waals surface area (Å²) in [4.78, 5) is 2.24. The summed E-state index contributed by atoms with van der Waals surface area (Å²) in [5.74, 6) is 0. The van der Waals surface area contributed by atoms with Gasteiger partial charge in [0.2, 0.25) is 0 Å². The van der Waals surface area contributed by atoms with E-state index in [0.29, 0.717) is 0 Å². The van der Waals surface area contributed by atoms with Gasteiger partial charge in [0.15, 0.2) is 0 Å². The third kappa shape index (κ3) is 3.24. The molecule has 0 aromatic carbocycles. The van der Waals surface area contributed by atoms with E-state index in [4.69, 9.17) is 4.74 Å². The molecule has 0 aliphatic carbocycles. The van der Waals surface area contributed by atoms with Gasteiger partial charge in [0.05, 0.1) is 24.0 Å². The van der Waals surface area contributed by atoms with Crippen LogP contribution in [0.15, 0.2) is 6.20 Å². The average molecular weight is 240 g/mol. The molecule has 0 radical (unpaired) electrons. The Morgan fingerprint density at radius 3 is 2.94 bits per heavy atom. The molecule has 1 N–H and O–H groups in total. The third-order valence-electron chi connectivity index (χ3n) is 2.79. The number of aliphatic hydroxyl groups is 1. The quantitative estimate of drug-likeness (QED) is 0.792. The minimum atomic E-state index is -0.228. The zero-order valence-electron chi connectivity index (χ0n) is 10.6. The topological polar surface area (TPSA) is 63.4 Å². The van der Waals surface area contributed by atoms with Crippen LogP contribution in [-0.2, 0) is 18.3 Å². The van der Waals surface area contributed by atoms with Crippen LogP contribution in [0.1, 0.15) is 19.5 Å². The van der Waals surface area contributed by atoms with Crippen LogP contribution in [0.5, 0.6) is 0 Å². The number of aromatic nitrogens is 3. The lowest BCUT2D eigenvalue weighted by Crippen LogP contribution is -2.53. The maximum atomic E-state index is 9.23. The maximum Gasteiger partial charge on any atom is 0.0967 e. The van der Waals surface area contributed by atoms with Gasteiger partial charge in [0.25, 0.3) is 0 Å². The first kappa shape index (κ1) is 12.5. The van der Waals surface area contributed by atoms with Crippen LogP contribution in [0.2, 0.25) is 0 Å². The number of aryl methyl sites for hydroxylation is 1. The van der Waals surface area contributed by atoms with Gasteiger partial charge in [-0.05, 0) is 13.8 Å². The molecule has 1 aliphatic heterocycles. The molecule has 2 rings (SSSR count). The van der Waals surface area contributed by atoms with Crippen molar-refractivity contribution in [2.45, 2.75) is 32.1 Å². The van der Waals surface area contributed by atoms with Crippen molar-refractivity contribution in [2.75, 3.05) is 19.7 Å². The predicted molar refractivity (Wildman–Crippen MR) is 62.3 cm³/mol. The molecule has 2 heterocycles. The van der Waals surface area contributed by atoms with Crippen molar-refractivity contribution in [3.8, 4) is 0 Å². The average Bonchev–Trinajstić information content (AvgIpc) is 2.61. The van der Waals surface area contributed by atoms with Crippen LogP contribution in [-0.4, -0.2) is 56.4 Å². The Balaban J connectivity index is 2.00. The molecule has 0 bridgehead atoms. The summed E-state index contributed by atoms with van der Waals surface area (Å²) in [7, 11) is 1.86. The highest BCUT2D eigenvalue weighted by molar-refractivity contribution is 4.94. The lowest BCUT2D eigenvalue weighted by atomic mass is 10.1. The molecule has 1 saturated heterocycles. The van der Waals surface area contributed by atoms with Crippen molar-refractivity contribution in [3.05, 3.63) is 11.9 Å². The number of hydrogen-bond donors (Lipinski definition) is 1. The molecule has 1 aliphatic rings. The number of aliphatic hydroxyl groups excluding tert-OH is 1. The number of morpholine rings is 1. The largest absolute Gasteiger partial charge is 0.394 e. The SMILES string of the molecule is Cn1cc(CN2CC(CO)OC(C)(C)C2)nn1. The van der Waals surface area contributed by atoms with E-state index in [9.17, 15) is 5.11 Å². The Morgan fingerprint density at radius 2 is 2.35 bits per heavy atom. The highest BCUT2D eigenvalue weighted by atomic mass is 16.5. The van der Waals surface area contributed by atoms with E-state index < -0.39 is 0 Å². The molecule has 17 heavy (non-hydrogen) atoms. The van der Waals surface area contributed by atoms with E-state index in [-0.39, 0.29) is 18.3 Å². The standard InChI is InChI=1S/C11H20N4O2/c1-11(2)8-15(6-10(7-16)17-11)5-9-4-14(3)13-12-9/h4,10,16H,5-8H2,1-3H3. The summed E-state index contributed by atoms with van der Waals surface area (Å²) < 4.78 is 7.46. The molecule has 6 nitrogen and oxygen atoms in total. The van der Waals surface area contributed by atoms with Crippen molar-refractivity contribution in [3.63, 3.8) is 0 Å². The van der Waals surface area contributed by atoms with Gasteiger partial charge in [0, 0.05) is 32.9 Å². The Morgan fingerprint density at radius 1 is 1.59 bits per heavy atom. The smallest absolute Gasteiger partial charge is 0.0967 e. The van der Waals surface area contributed by atoms with Crippen LogP contribution < -0.4 is 0 Å². The Hall–Kier alpha value is -0.980. The molecule has 1 fully saturated rings. The Labute approximate surface area is 101 Å². The fraction of sp³-hybridized carbons (Fsp3) is 0.818. The second-order valence-electron chi connectivity index (χ2n) is 5.24. The lowest BCUT2D eigenvalue weighted by molar-refractivity contribution is -0.150. The van der Waals surface area contributed by atoms with E-state index >= 15 is 0 Å². The van der Waals surface area contributed by atoms with Crippen molar-refractivity contribution >= 4 is 0 Å². The second-order valence-corrected chi connectivity index (χ2v) is 5.24. The molecule has 1 aromatic heterocycles. The van der Waals surface area contributed by atoms with Crippen molar-refractivity contribution in [1.29, 1.82) is 0 Å². The number of hydrogen-bond acceptors (Lipinski definition) is 5. The lowest BCUT2D eigenvalue weighted by Gasteiger charge is -2.42. The van der Waals surface area contributed by atoms with Crippen LogP contribution in [0.3, 0.4) is 0 Å². The van der Waals surface area contributed by atoms with E-state index in [1.807, 2.05) is 27.1 Å². The van der Waals surface area contributed by atoms with E-state index in [2.05, 4.69) is 15.2 Å². The van der Waals surface area contributed by atoms with E-state index in [1.165, 1.54) is 0 Å². The molecular weight excluding hydrogens is 220 g/mol. The first-order valence-corrected chi connectivity index (χ1v) is 5.85. The predicted octanol–water partition coefficient (Wildman–Crippen LogP) is -0.213. The number of rotatable bonds is 3. The van der Waals surface area contributed by atoms with Crippen LogP contribution in [0, 0.1) is 0 Å². The molecule has 0 amide bonds. The highest BCUT2D eigenvalue weighted by Gasteiger charge is 2.33. The summed E-state index contributed by atoms with van der Waals surface area (Å²) in [6.07, 6.45) is 1.80. The fourth-order valence-corrected chi connectivity index (χ4v) is 2.33. The van der Waals surface area contributed by atoms with Gasteiger partial charge in [-0.1, -0.05) is 5.21 Å². The summed E-state index contributed by atoms with van der Waals surface area (Å²) in [5, 5.41) is 17.2.